The predicted molar refractivity (Wildman–Crippen MR) is 105 cm³/mol. The summed E-state index contributed by atoms with van der Waals surface area (Å²) in [6.45, 7) is 0.428. The maximum absolute atomic E-state index is 12.1. The van der Waals surface area contributed by atoms with E-state index in [1.54, 1.807) is 30.3 Å². The molecule has 3 N–H and O–H groups in total. The minimum Gasteiger partial charge on any atom is -0.370 e. The topological polar surface area (TPSA) is 84.5 Å². The fourth-order valence-electron chi connectivity index (χ4n) is 2.70. The number of nitrogens with zero attached hydrogens (tertiary/aromatic N) is 1. The Labute approximate surface area is 156 Å². The van der Waals surface area contributed by atoms with Gasteiger partial charge in [0, 0.05) is 12.6 Å². The van der Waals surface area contributed by atoms with Crippen LogP contribution in [0.3, 0.4) is 0 Å². The van der Waals surface area contributed by atoms with Gasteiger partial charge in [-0.2, -0.15) is 0 Å². The fourth-order valence-corrected chi connectivity index (χ4v) is 4.02. The second kappa shape index (κ2) is 10.1. The SMILES string of the molecule is I.NC(=NCCCS(=O)(=O)c1ccccc1)NC1CCCCC1. The number of nitrogens with two attached hydrogens (primary N) is 1. The van der Waals surface area contributed by atoms with Gasteiger partial charge in [-0.05, 0) is 31.4 Å². The molecule has 1 saturated carbocycles. The molecule has 1 aliphatic carbocycles. The molecule has 0 aromatic heterocycles. The van der Waals surface area contributed by atoms with Gasteiger partial charge in [0.2, 0.25) is 0 Å². The summed E-state index contributed by atoms with van der Waals surface area (Å²) in [6, 6.07) is 8.94. The Kier molecular flexibility index (Phi) is 8.90. The fraction of sp³-hybridized carbons (Fsp3) is 0.562. The van der Waals surface area contributed by atoms with Crippen LogP contribution in [0.1, 0.15) is 38.5 Å². The van der Waals surface area contributed by atoms with Crippen molar-refractivity contribution >= 4 is 39.8 Å². The Morgan fingerprint density at radius 1 is 1.17 bits per heavy atom. The third kappa shape index (κ3) is 7.07. The van der Waals surface area contributed by atoms with E-state index in [4.69, 9.17) is 5.73 Å². The molecule has 7 heteroatoms. The minimum atomic E-state index is -3.22. The maximum atomic E-state index is 12.1. The molecular weight excluding hydrogens is 425 g/mol. The molecule has 0 spiro atoms. The molecule has 0 atom stereocenters. The summed E-state index contributed by atoms with van der Waals surface area (Å²) in [5, 5.41) is 3.23. The van der Waals surface area contributed by atoms with Gasteiger partial charge in [0.05, 0.1) is 10.6 Å². The zero-order chi connectivity index (χ0) is 15.8. The number of sulfone groups is 1. The number of benzene rings is 1. The summed E-state index contributed by atoms with van der Waals surface area (Å²) in [5.74, 6) is 0.529. The summed E-state index contributed by atoms with van der Waals surface area (Å²) < 4.78 is 24.2. The average Bonchev–Trinajstić information content (AvgIpc) is 2.53. The number of hydrogen-bond donors (Lipinski definition) is 2. The molecule has 1 aliphatic rings. The Morgan fingerprint density at radius 3 is 2.48 bits per heavy atom. The number of aliphatic imine (C=N–C) groups is 1. The van der Waals surface area contributed by atoms with Gasteiger partial charge in [-0.15, -0.1) is 24.0 Å². The molecule has 130 valence electrons. The van der Waals surface area contributed by atoms with Crippen molar-refractivity contribution < 1.29 is 8.42 Å². The zero-order valence-electron chi connectivity index (χ0n) is 13.3. The van der Waals surface area contributed by atoms with E-state index >= 15 is 0 Å². The van der Waals surface area contributed by atoms with Crippen LogP contribution in [-0.2, 0) is 9.84 Å². The van der Waals surface area contributed by atoms with Crippen LogP contribution in [0.5, 0.6) is 0 Å². The van der Waals surface area contributed by atoms with Crippen molar-refractivity contribution in [3.05, 3.63) is 30.3 Å². The average molecular weight is 451 g/mol. The Hall–Kier alpha value is -0.830. The van der Waals surface area contributed by atoms with Gasteiger partial charge >= 0.3 is 0 Å². The van der Waals surface area contributed by atoms with Gasteiger partial charge in [0.15, 0.2) is 15.8 Å². The van der Waals surface area contributed by atoms with Crippen LogP contribution in [0.4, 0.5) is 0 Å². The van der Waals surface area contributed by atoms with Gasteiger partial charge in [0.1, 0.15) is 0 Å². The number of nitrogens with one attached hydrogen (secondary N) is 1. The number of hydrogen-bond acceptors (Lipinski definition) is 3. The van der Waals surface area contributed by atoms with Gasteiger partial charge in [-0.25, -0.2) is 8.42 Å². The lowest BCUT2D eigenvalue weighted by Crippen LogP contribution is -2.41. The van der Waals surface area contributed by atoms with E-state index in [1.807, 2.05) is 0 Å². The zero-order valence-corrected chi connectivity index (χ0v) is 16.4. The lowest BCUT2D eigenvalue weighted by Gasteiger charge is -2.23. The van der Waals surface area contributed by atoms with E-state index in [0.717, 1.165) is 12.8 Å². The molecule has 0 radical (unpaired) electrons. The largest absolute Gasteiger partial charge is 0.370 e. The van der Waals surface area contributed by atoms with E-state index in [1.165, 1.54) is 19.3 Å². The second-order valence-corrected chi connectivity index (χ2v) is 7.84. The van der Waals surface area contributed by atoms with Crippen LogP contribution in [0.25, 0.3) is 0 Å². The summed E-state index contributed by atoms with van der Waals surface area (Å²) >= 11 is 0. The van der Waals surface area contributed by atoms with Crippen LogP contribution in [-0.4, -0.2) is 32.7 Å². The Bertz CT molecular complexity index is 585. The lowest BCUT2D eigenvalue weighted by atomic mass is 9.96. The van der Waals surface area contributed by atoms with Gasteiger partial charge in [-0.1, -0.05) is 37.5 Å². The highest BCUT2D eigenvalue weighted by Gasteiger charge is 2.14. The first kappa shape index (κ1) is 20.2. The highest BCUT2D eigenvalue weighted by Crippen LogP contribution is 2.17. The van der Waals surface area contributed by atoms with Crippen LogP contribution in [0.2, 0.25) is 0 Å². The third-order valence-electron chi connectivity index (χ3n) is 3.91. The second-order valence-electron chi connectivity index (χ2n) is 5.73. The van der Waals surface area contributed by atoms with E-state index in [0.29, 0.717) is 29.9 Å². The standard InChI is InChI=1S/C16H25N3O2S.HI/c17-16(19-14-8-3-1-4-9-14)18-12-7-13-22(20,21)15-10-5-2-6-11-15;/h2,5-6,10-11,14H,1,3-4,7-9,12-13H2,(H3,17,18,19);1H. The molecule has 2 rings (SSSR count). The van der Waals surface area contributed by atoms with Crippen LogP contribution >= 0.6 is 24.0 Å². The van der Waals surface area contributed by atoms with Crippen molar-refractivity contribution in [1.29, 1.82) is 0 Å². The normalized spacial score (nSPS) is 16.6. The molecule has 23 heavy (non-hydrogen) atoms. The highest BCUT2D eigenvalue weighted by atomic mass is 127. The molecule has 0 aliphatic heterocycles. The molecule has 0 amide bonds. The van der Waals surface area contributed by atoms with Gasteiger partial charge in [-0.3, -0.25) is 4.99 Å². The smallest absolute Gasteiger partial charge is 0.188 e. The van der Waals surface area contributed by atoms with Crippen molar-refractivity contribution in [2.45, 2.75) is 49.5 Å². The molecule has 0 saturated heterocycles. The first-order valence-electron chi connectivity index (χ1n) is 7.92. The summed E-state index contributed by atoms with van der Waals surface area (Å²) in [4.78, 5) is 4.60. The maximum Gasteiger partial charge on any atom is 0.188 e. The highest BCUT2D eigenvalue weighted by molar-refractivity contribution is 14.0. The van der Waals surface area contributed by atoms with Crippen molar-refractivity contribution in [1.82, 2.24) is 5.32 Å². The number of guanidine groups is 1. The summed E-state index contributed by atoms with van der Waals surface area (Å²) in [6.07, 6.45) is 6.52. The number of halogens is 1. The minimum absolute atomic E-state index is 0. The quantitative estimate of drug-likeness (QED) is 0.302. The predicted octanol–water partition coefficient (Wildman–Crippen LogP) is 2.71. The van der Waals surface area contributed by atoms with Crippen LogP contribution < -0.4 is 11.1 Å². The molecule has 0 heterocycles. The first-order chi connectivity index (χ1) is 10.6. The van der Waals surface area contributed by atoms with Gasteiger partial charge < -0.3 is 11.1 Å². The van der Waals surface area contributed by atoms with E-state index in [2.05, 4.69) is 10.3 Å². The molecule has 0 bridgehead atoms. The summed E-state index contributed by atoms with van der Waals surface area (Å²) in [5.41, 5.74) is 5.85. The molecule has 1 aromatic carbocycles. The van der Waals surface area contributed by atoms with Crippen molar-refractivity contribution in [2.24, 2.45) is 10.7 Å². The first-order valence-corrected chi connectivity index (χ1v) is 9.57. The Morgan fingerprint density at radius 2 is 1.83 bits per heavy atom. The van der Waals surface area contributed by atoms with E-state index < -0.39 is 9.84 Å². The van der Waals surface area contributed by atoms with Crippen LogP contribution in [0, 0.1) is 0 Å². The van der Waals surface area contributed by atoms with Gasteiger partial charge in [0.25, 0.3) is 0 Å². The van der Waals surface area contributed by atoms with Crippen LogP contribution in [0.15, 0.2) is 40.2 Å². The van der Waals surface area contributed by atoms with Crippen molar-refractivity contribution in [3.8, 4) is 0 Å². The Balaban J connectivity index is 0.00000264. The molecule has 5 nitrogen and oxygen atoms in total. The monoisotopic (exact) mass is 451 g/mol. The van der Waals surface area contributed by atoms with E-state index in [9.17, 15) is 8.42 Å². The third-order valence-corrected chi connectivity index (χ3v) is 5.73. The number of rotatable bonds is 6. The molecule has 1 aromatic rings. The van der Waals surface area contributed by atoms with Crippen molar-refractivity contribution in [2.75, 3.05) is 12.3 Å². The van der Waals surface area contributed by atoms with E-state index in [-0.39, 0.29) is 29.7 Å². The molecular formula is C16H26IN3O2S. The lowest BCUT2D eigenvalue weighted by molar-refractivity contribution is 0.412. The molecule has 1 fully saturated rings. The van der Waals surface area contributed by atoms with Crippen molar-refractivity contribution in [3.63, 3.8) is 0 Å². The molecule has 0 unspecified atom stereocenters. The summed E-state index contributed by atoms with van der Waals surface area (Å²) in [7, 11) is -3.22.